The Kier molecular flexibility index (Phi) is 8.36. The lowest BCUT2D eigenvalue weighted by Gasteiger charge is -2.39. The number of likely N-dealkylation sites (tertiary alicyclic amines) is 1. The highest BCUT2D eigenvalue weighted by atomic mass is 19.1. The topological polar surface area (TPSA) is 71.1 Å². The van der Waals surface area contributed by atoms with E-state index in [-0.39, 0.29) is 37.8 Å². The molecule has 2 aromatic rings. The molecule has 34 heavy (non-hydrogen) atoms. The molecule has 3 amide bonds. The Labute approximate surface area is 199 Å². The molecular weight excluding hydrogens is 437 g/mol. The van der Waals surface area contributed by atoms with Crippen molar-refractivity contribution < 1.29 is 23.5 Å². The van der Waals surface area contributed by atoms with Gasteiger partial charge < -0.3 is 19.7 Å². The maximum Gasteiger partial charge on any atom is 0.321 e. The molecule has 0 aromatic heterocycles. The largest absolute Gasteiger partial charge is 0.491 e. The zero-order valence-corrected chi connectivity index (χ0v) is 19.3. The van der Waals surface area contributed by atoms with Crippen LogP contribution >= 0.6 is 0 Å². The minimum Gasteiger partial charge on any atom is -0.491 e. The SMILES string of the molecule is O=C1COCN(C(=O)N2CCC([C@@H](c3ccccc3)c3ccc(OCCF)cc3)CC2)CCN1. The summed E-state index contributed by atoms with van der Waals surface area (Å²) in [7, 11) is 0. The number of carbonyl (C=O) groups is 2. The second kappa shape index (κ2) is 11.8. The van der Waals surface area contributed by atoms with E-state index in [0.717, 1.165) is 12.8 Å². The van der Waals surface area contributed by atoms with Gasteiger partial charge in [-0.25, -0.2) is 9.18 Å². The van der Waals surface area contributed by atoms with Crippen molar-refractivity contribution in [1.29, 1.82) is 0 Å². The minimum absolute atomic E-state index is 0.0256. The van der Waals surface area contributed by atoms with Crippen LogP contribution in [0, 0.1) is 5.92 Å². The van der Waals surface area contributed by atoms with Crippen molar-refractivity contribution in [2.45, 2.75) is 18.8 Å². The van der Waals surface area contributed by atoms with Crippen LogP contribution in [0.15, 0.2) is 54.6 Å². The number of piperidine rings is 1. The maximum absolute atomic E-state index is 13.1. The first-order chi connectivity index (χ1) is 16.7. The summed E-state index contributed by atoms with van der Waals surface area (Å²) in [5.41, 5.74) is 2.44. The lowest BCUT2D eigenvalue weighted by Crippen LogP contribution is -2.51. The number of nitrogens with zero attached hydrogens (tertiary/aromatic N) is 2. The van der Waals surface area contributed by atoms with Gasteiger partial charge in [0, 0.05) is 32.1 Å². The van der Waals surface area contributed by atoms with Crippen molar-refractivity contribution in [3.63, 3.8) is 0 Å². The van der Waals surface area contributed by atoms with Crippen LogP contribution < -0.4 is 10.1 Å². The molecule has 8 heteroatoms. The number of urea groups is 1. The van der Waals surface area contributed by atoms with Gasteiger partial charge in [0.15, 0.2) is 0 Å². The number of alkyl halides is 1. The number of halogens is 1. The molecule has 2 saturated heterocycles. The fraction of sp³-hybridized carbons (Fsp3) is 0.462. The fourth-order valence-electron chi connectivity index (χ4n) is 4.79. The van der Waals surface area contributed by atoms with Crippen LogP contribution in [0.2, 0.25) is 0 Å². The molecule has 0 spiro atoms. The molecule has 7 nitrogen and oxygen atoms in total. The average molecular weight is 470 g/mol. The maximum atomic E-state index is 13.1. The molecular formula is C26H32FN3O4. The summed E-state index contributed by atoms with van der Waals surface area (Å²) in [6, 6.07) is 18.3. The van der Waals surface area contributed by atoms with Gasteiger partial charge in [0.1, 0.15) is 32.4 Å². The van der Waals surface area contributed by atoms with Crippen molar-refractivity contribution in [3.8, 4) is 5.75 Å². The number of ether oxygens (including phenoxy) is 2. The molecule has 0 saturated carbocycles. The zero-order valence-electron chi connectivity index (χ0n) is 19.3. The van der Waals surface area contributed by atoms with Crippen LogP contribution in [0.5, 0.6) is 5.75 Å². The number of nitrogens with one attached hydrogen (secondary N) is 1. The van der Waals surface area contributed by atoms with E-state index in [1.807, 2.05) is 23.1 Å². The summed E-state index contributed by atoms with van der Waals surface area (Å²) in [5, 5.41) is 2.74. The molecule has 0 aliphatic carbocycles. The Morgan fingerprint density at radius 3 is 2.44 bits per heavy atom. The molecule has 0 unspecified atom stereocenters. The van der Waals surface area contributed by atoms with Crippen LogP contribution in [0.3, 0.4) is 0 Å². The predicted molar refractivity (Wildman–Crippen MR) is 126 cm³/mol. The fourth-order valence-corrected chi connectivity index (χ4v) is 4.79. The normalized spacial score (nSPS) is 18.6. The van der Waals surface area contributed by atoms with Crippen molar-refractivity contribution in [2.75, 3.05) is 52.8 Å². The van der Waals surface area contributed by atoms with Gasteiger partial charge in [-0.15, -0.1) is 0 Å². The molecule has 2 fully saturated rings. The van der Waals surface area contributed by atoms with E-state index in [1.54, 1.807) is 4.90 Å². The van der Waals surface area contributed by atoms with Crippen LogP contribution in [-0.4, -0.2) is 74.5 Å². The first-order valence-electron chi connectivity index (χ1n) is 11.9. The molecule has 2 aliphatic rings. The smallest absolute Gasteiger partial charge is 0.321 e. The Balaban J connectivity index is 1.43. The Hall–Kier alpha value is -3.13. The highest BCUT2D eigenvalue weighted by Crippen LogP contribution is 2.38. The summed E-state index contributed by atoms with van der Waals surface area (Å²) in [5.74, 6) is 1.10. The molecule has 0 bridgehead atoms. The number of rotatable bonds is 6. The minimum atomic E-state index is -0.510. The first kappa shape index (κ1) is 24.0. The number of amides is 3. The molecule has 1 atom stereocenters. The third-order valence-electron chi connectivity index (χ3n) is 6.48. The van der Waals surface area contributed by atoms with E-state index in [9.17, 15) is 14.0 Å². The number of carbonyl (C=O) groups excluding carboxylic acids is 2. The van der Waals surface area contributed by atoms with Crippen molar-refractivity contribution >= 4 is 11.9 Å². The quantitative estimate of drug-likeness (QED) is 0.704. The Morgan fingerprint density at radius 2 is 1.74 bits per heavy atom. The molecule has 2 aliphatic heterocycles. The van der Waals surface area contributed by atoms with Gasteiger partial charge in [-0.05, 0) is 42.0 Å². The predicted octanol–water partition coefficient (Wildman–Crippen LogP) is 3.40. The van der Waals surface area contributed by atoms with Gasteiger partial charge in [0.25, 0.3) is 0 Å². The highest BCUT2D eigenvalue weighted by molar-refractivity contribution is 5.78. The van der Waals surface area contributed by atoms with Crippen molar-refractivity contribution in [1.82, 2.24) is 15.1 Å². The Bertz CT molecular complexity index is 921. The van der Waals surface area contributed by atoms with Crippen molar-refractivity contribution in [2.24, 2.45) is 5.92 Å². The van der Waals surface area contributed by atoms with Crippen molar-refractivity contribution in [3.05, 3.63) is 65.7 Å². The monoisotopic (exact) mass is 469 g/mol. The van der Waals surface area contributed by atoms with Crippen LogP contribution in [0.4, 0.5) is 9.18 Å². The molecule has 0 radical (unpaired) electrons. The number of hydrogen-bond acceptors (Lipinski definition) is 4. The molecule has 4 rings (SSSR count). The van der Waals surface area contributed by atoms with E-state index in [2.05, 4.69) is 41.7 Å². The molecule has 182 valence electrons. The summed E-state index contributed by atoms with van der Waals surface area (Å²) in [6.45, 7) is 1.88. The van der Waals surface area contributed by atoms with Crippen LogP contribution in [0.25, 0.3) is 0 Å². The lowest BCUT2D eigenvalue weighted by atomic mass is 9.76. The zero-order chi connectivity index (χ0) is 23.8. The van der Waals surface area contributed by atoms with Crippen LogP contribution in [0.1, 0.15) is 29.9 Å². The van der Waals surface area contributed by atoms with Gasteiger partial charge in [0.05, 0.1) is 0 Å². The van der Waals surface area contributed by atoms with E-state index < -0.39 is 6.67 Å². The van der Waals surface area contributed by atoms with Crippen LogP contribution in [-0.2, 0) is 9.53 Å². The van der Waals surface area contributed by atoms with Gasteiger partial charge in [0.2, 0.25) is 5.91 Å². The van der Waals surface area contributed by atoms with E-state index in [4.69, 9.17) is 9.47 Å². The lowest BCUT2D eigenvalue weighted by molar-refractivity contribution is -0.128. The van der Waals surface area contributed by atoms with Gasteiger partial charge in [-0.3, -0.25) is 9.69 Å². The molecule has 2 aromatic carbocycles. The summed E-state index contributed by atoms with van der Waals surface area (Å²) in [6.07, 6.45) is 1.77. The number of hydrogen-bond donors (Lipinski definition) is 1. The third kappa shape index (κ3) is 6.05. The Morgan fingerprint density at radius 1 is 1.03 bits per heavy atom. The molecule has 2 heterocycles. The van der Waals surface area contributed by atoms with Gasteiger partial charge in [-0.1, -0.05) is 42.5 Å². The first-order valence-corrected chi connectivity index (χ1v) is 11.9. The van der Waals surface area contributed by atoms with Gasteiger partial charge in [-0.2, -0.15) is 0 Å². The average Bonchev–Trinajstić information content (AvgIpc) is 2.86. The standard InChI is InChI=1S/C26H32FN3O4/c27-12-17-34-23-8-6-21(7-9-23)25(20-4-2-1-3-5-20)22-10-14-29(15-11-22)26(32)30-16-13-28-24(31)18-33-19-30/h1-9,22,25H,10-19H2,(H,28,31)/t25-/m0/s1. The second-order valence-corrected chi connectivity index (χ2v) is 8.69. The summed E-state index contributed by atoms with van der Waals surface area (Å²) in [4.78, 5) is 28.0. The third-order valence-corrected chi connectivity index (χ3v) is 6.48. The molecule has 1 N–H and O–H groups in total. The highest BCUT2D eigenvalue weighted by Gasteiger charge is 2.32. The van der Waals surface area contributed by atoms with Gasteiger partial charge >= 0.3 is 6.03 Å². The second-order valence-electron chi connectivity index (χ2n) is 8.69. The van der Waals surface area contributed by atoms with E-state index >= 15 is 0 Å². The summed E-state index contributed by atoms with van der Waals surface area (Å²) < 4.78 is 23.2. The van der Waals surface area contributed by atoms with E-state index in [0.29, 0.717) is 37.8 Å². The summed E-state index contributed by atoms with van der Waals surface area (Å²) >= 11 is 0. The van der Waals surface area contributed by atoms with E-state index in [1.165, 1.54) is 11.1 Å². The number of benzene rings is 2.